The molecule has 2 rings (SSSR count). The molecule has 0 amide bonds. The average molecular weight is 255 g/mol. The van der Waals surface area contributed by atoms with Crippen LogP contribution in [0.15, 0.2) is 42.5 Å². The Hall–Kier alpha value is -1.80. The maximum atomic E-state index is 5.46. The molecule has 0 saturated heterocycles. The number of benzene rings is 2. The van der Waals surface area contributed by atoms with Crippen molar-refractivity contribution in [3.8, 4) is 16.9 Å². The zero-order chi connectivity index (χ0) is 13.7. The topological polar surface area (TPSA) is 21.3 Å². The third-order valence-electron chi connectivity index (χ3n) is 3.17. The first kappa shape index (κ1) is 13.6. The van der Waals surface area contributed by atoms with Gasteiger partial charge in [0.05, 0.1) is 7.11 Å². The van der Waals surface area contributed by atoms with E-state index in [1.807, 2.05) is 6.07 Å². The van der Waals surface area contributed by atoms with Crippen LogP contribution in [0.25, 0.3) is 11.1 Å². The van der Waals surface area contributed by atoms with Crippen molar-refractivity contribution in [1.29, 1.82) is 0 Å². The third-order valence-corrected chi connectivity index (χ3v) is 3.17. The Balaban J connectivity index is 2.38. The van der Waals surface area contributed by atoms with E-state index in [1.54, 1.807) is 7.11 Å². The van der Waals surface area contributed by atoms with E-state index in [4.69, 9.17) is 4.74 Å². The molecule has 0 aliphatic carbocycles. The Labute approximate surface area is 115 Å². The summed E-state index contributed by atoms with van der Waals surface area (Å²) in [7, 11) is 1.72. The monoisotopic (exact) mass is 255 g/mol. The maximum Gasteiger partial charge on any atom is 0.126 e. The number of hydrogen-bond donors (Lipinski definition) is 1. The number of rotatable bonds is 5. The molecule has 2 nitrogen and oxygen atoms in total. The highest BCUT2D eigenvalue weighted by atomic mass is 16.5. The molecule has 0 saturated carbocycles. The lowest BCUT2D eigenvalue weighted by Gasteiger charge is -2.11. The van der Waals surface area contributed by atoms with Gasteiger partial charge < -0.3 is 10.1 Å². The van der Waals surface area contributed by atoms with Crippen LogP contribution in [0.5, 0.6) is 5.75 Å². The zero-order valence-corrected chi connectivity index (χ0v) is 11.9. The van der Waals surface area contributed by atoms with Gasteiger partial charge in [0, 0.05) is 12.1 Å². The number of ether oxygens (including phenoxy) is 1. The van der Waals surface area contributed by atoms with Crippen molar-refractivity contribution >= 4 is 0 Å². The van der Waals surface area contributed by atoms with Crippen LogP contribution in [0, 0.1) is 6.92 Å². The van der Waals surface area contributed by atoms with E-state index in [0.717, 1.165) is 24.4 Å². The van der Waals surface area contributed by atoms with E-state index < -0.39 is 0 Å². The summed E-state index contributed by atoms with van der Waals surface area (Å²) < 4.78 is 5.46. The van der Waals surface area contributed by atoms with Crippen LogP contribution in [0.4, 0.5) is 0 Å². The first-order valence-corrected chi connectivity index (χ1v) is 6.69. The molecule has 2 aromatic carbocycles. The second-order valence-corrected chi connectivity index (χ2v) is 4.68. The fraction of sp³-hybridized carbons (Fsp3) is 0.294. The average Bonchev–Trinajstić information content (AvgIpc) is 2.45. The molecule has 0 heterocycles. The largest absolute Gasteiger partial charge is 0.496 e. The van der Waals surface area contributed by atoms with Crippen molar-refractivity contribution in [2.45, 2.75) is 20.4 Å². The van der Waals surface area contributed by atoms with Crippen LogP contribution in [0.2, 0.25) is 0 Å². The van der Waals surface area contributed by atoms with E-state index in [9.17, 15) is 0 Å². The van der Waals surface area contributed by atoms with Crippen LogP contribution >= 0.6 is 0 Å². The van der Waals surface area contributed by atoms with Crippen LogP contribution in [-0.4, -0.2) is 13.7 Å². The predicted octanol–water partition coefficient (Wildman–Crippen LogP) is 3.78. The molecule has 0 aromatic heterocycles. The number of hydrogen-bond acceptors (Lipinski definition) is 2. The van der Waals surface area contributed by atoms with Gasteiger partial charge in [0.25, 0.3) is 0 Å². The second-order valence-electron chi connectivity index (χ2n) is 4.68. The molecular formula is C17H21NO. The summed E-state index contributed by atoms with van der Waals surface area (Å²) in [6, 6.07) is 14.9. The minimum absolute atomic E-state index is 0.901. The molecule has 0 fully saturated rings. The van der Waals surface area contributed by atoms with Gasteiger partial charge in [-0.25, -0.2) is 0 Å². The molecule has 2 heteroatoms. The first-order chi connectivity index (χ1) is 9.24. The van der Waals surface area contributed by atoms with Gasteiger partial charge in [-0.1, -0.05) is 36.8 Å². The highest BCUT2D eigenvalue weighted by Gasteiger charge is 2.06. The Bertz CT molecular complexity index is 549. The molecule has 0 bridgehead atoms. The van der Waals surface area contributed by atoms with Crippen molar-refractivity contribution < 1.29 is 4.74 Å². The molecule has 0 atom stereocenters. The molecule has 2 aromatic rings. The second kappa shape index (κ2) is 6.39. The van der Waals surface area contributed by atoms with Crippen molar-refractivity contribution in [1.82, 2.24) is 5.32 Å². The van der Waals surface area contributed by atoms with Crippen molar-refractivity contribution in [3.05, 3.63) is 53.6 Å². The van der Waals surface area contributed by atoms with Gasteiger partial charge >= 0.3 is 0 Å². The summed E-state index contributed by atoms with van der Waals surface area (Å²) in [4.78, 5) is 0. The number of nitrogens with one attached hydrogen (secondary N) is 1. The van der Waals surface area contributed by atoms with Gasteiger partial charge in [-0.05, 0) is 42.8 Å². The molecule has 19 heavy (non-hydrogen) atoms. The lowest BCUT2D eigenvalue weighted by molar-refractivity contribution is 0.416. The van der Waals surface area contributed by atoms with E-state index >= 15 is 0 Å². The fourth-order valence-corrected chi connectivity index (χ4v) is 2.17. The van der Waals surface area contributed by atoms with Crippen molar-refractivity contribution in [3.63, 3.8) is 0 Å². The normalized spacial score (nSPS) is 10.5. The van der Waals surface area contributed by atoms with Gasteiger partial charge in [0.15, 0.2) is 0 Å². The van der Waals surface area contributed by atoms with E-state index in [1.165, 1.54) is 16.7 Å². The van der Waals surface area contributed by atoms with Crippen LogP contribution in [-0.2, 0) is 6.54 Å². The third kappa shape index (κ3) is 3.36. The summed E-state index contributed by atoms with van der Waals surface area (Å²) in [5.41, 5.74) is 4.90. The summed E-state index contributed by atoms with van der Waals surface area (Å²) in [5.74, 6) is 0.922. The number of methoxy groups -OCH3 is 1. The molecule has 100 valence electrons. The minimum atomic E-state index is 0.901. The van der Waals surface area contributed by atoms with Gasteiger partial charge in [-0.2, -0.15) is 0 Å². The van der Waals surface area contributed by atoms with E-state index in [0.29, 0.717) is 0 Å². The van der Waals surface area contributed by atoms with Crippen molar-refractivity contribution in [2.75, 3.05) is 13.7 Å². The lowest BCUT2D eigenvalue weighted by Crippen LogP contribution is -2.11. The Kier molecular flexibility index (Phi) is 4.58. The van der Waals surface area contributed by atoms with Crippen LogP contribution in [0.3, 0.4) is 0 Å². The van der Waals surface area contributed by atoms with Gasteiger partial charge in [0.1, 0.15) is 5.75 Å². The highest BCUT2D eigenvalue weighted by Crippen LogP contribution is 2.31. The summed E-state index contributed by atoms with van der Waals surface area (Å²) >= 11 is 0. The summed E-state index contributed by atoms with van der Waals surface area (Å²) in [5, 5.41) is 3.35. The molecule has 0 radical (unpaired) electrons. The molecule has 0 unspecified atom stereocenters. The molecule has 1 N–H and O–H groups in total. The van der Waals surface area contributed by atoms with Gasteiger partial charge in [0.2, 0.25) is 0 Å². The first-order valence-electron chi connectivity index (χ1n) is 6.69. The molecule has 0 aliphatic rings. The van der Waals surface area contributed by atoms with Gasteiger partial charge in [-0.15, -0.1) is 0 Å². The Morgan fingerprint density at radius 1 is 1.11 bits per heavy atom. The SMILES string of the molecule is CCNCc1cccc(-c2cc(C)ccc2OC)c1. The lowest BCUT2D eigenvalue weighted by atomic mass is 10.0. The predicted molar refractivity (Wildman–Crippen MR) is 80.5 cm³/mol. The highest BCUT2D eigenvalue weighted by molar-refractivity contribution is 5.71. The van der Waals surface area contributed by atoms with Crippen molar-refractivity contribution in [2.24, 2.45) is 0 Å². The Morgan fingerprint density at radius 3 is 2.68 bits per heavy atom. The summed E-state index contributed by atoms with van der Waals surface area (Å²) in [6.45, 7) is 6.11. The number of aryl methyl sites for hydroxylation is 1. The smallest absolute Gasteiger partial charge is 0.126 e. The molecule has 0 spiro atoms. The summed E-state index contributed by atoms with van der Waals surface area (Å²) in [6.07, 6.45) is 0. The zero-order valence-electron chi connectivity index (χ0n) is 11.9. The molecular weight excluding hydrogens is 234 g/mol. The standard InChI is InChI=1S/C17H21NO/c1-4-18-12-14-6-5-7-15(11-14)16-10-13(2)8-9-17(16)19-3/h5-11,18H,4,12H2,1-3H3. The van der Waals surface area contributed by atoms with Gasteiger partial charge in [-0.3, -0.25) is 0 Å². The van der Waals surface area contributed by atoms with E-state index in [2.05, 4.69) is 55.6 Å². The quantitative estimate of drug-likeness (QED) is 0.878. The van der Waals surface area contributed by atoms with Crippen LogP contribution < -0.4 is 10.1 Å². The van der Waals surface area contributed by atoms with E-state index in [-0.39, 0.29) is 0 Å². The fourth-order valence-electron chi connectivity index (χ4n) is 2.17. The maximum absolute atomic E-state index is 5.46. The molecule has 0 aliphatic heterocycles. The van der Waals surface area contributed by atoms with Crippen LogP contribution in [0.1, 0.15) is 18.1 Å². The Morgan fingerprint density at radius 2 is 1.95 bits per heavy atom. The minimum Gasteiger partial charge on any atom is -0.496 e.